The van der Waals surface area contributed by atoms with Crippen LogP contribution in [0.5, 0.6) is 0 Å². The number of aromatic nitrogens is 4. The molecule has 84 valence electrons. The molecule has 0 spiro atoms. The van der Waals surface area contributed by atoms with Crippen LogP contribution in [0.15, 0.2) is 0 Å². The van der Waals surface area contributed by atoms with E-state index in [4.69, 9.17) is 0 Å². The van der Waals surface area contributed by atoms with Crippen molar-refractivity contribution < 1.29 is 18.0 Å². The highest BCUT2D eigenvalue weighted by Crippen LogP contribution is 2.20. The predicted octanol–water partition coefficient (Wildman–Crippen LogP) is 0.158. The van der Waals surface area contributed by atoms with Crippen molar-refractivity contribution in [3.63, 3.8) is 0 Å². The topological polar surface area (TPSA) is 83.6 Å². The molecule has 0 radical (unpaired) electrons. The van der Waals surface area contributed by atoms with Crippen LogP contribution in [0.4, 0.5) is 13.2 Å². The van der Waals surface area contributed by atoms with Crippen LogP contribution in [-0.4, -0.2) is 32.7 Å². The first-order valence-electron chi connectivity index (χ1n) is 4.03. The zero-order chi connectivity index (χ0) is 11.3. The highest BCUT2D eigenvalue weighted by atomic mass is 19.4. The van der Waals surface area contributed by atoms with Crippen LogP contribution in [-0.2, 0) is 11.3 Å². The van der Waals surface area contributed by atoms with Crippen molar-refractivity contribution in [2.24, 2.45) is 0 Å². The molecule has 2 N–H and O–H groups in total. The third-order valence-electron chi connectivity index (χ3n) is 1.47. The number of hydrogen-bond acceptors (Lipinski definition) is 4. The second kappa shape index (κ2) is 4.71. The van der Waals surface area contributed by atoms with Gasteiger partial charge in [0, 0.05) is 6.42 Å². The standard InChI is InChI=1S/C6H8F3N5O/c7-6(8,9)2-1-5(15)10-3-4-11-13-14-12-4/h1-3H2,(H,10,15)(H,11,12,13,14). The third kappa shape index (κ3) is 4.93. The maximum Gasteiger partial charge on any atom is 0.389 e. The minimum Gasteiger partial charge on any atom is -0.349 e. The number of halogens is 3. The van der Waals surface area contributed by atoms with E-state index in [0.717, 1.165) is 0 Å². The van der Waals surface area contributed by atoms with Gasteiger partial charge in [0.2, 0.25) is 5.91 Å². The molecule has 1 aromatic rings. The molecule has 1 aromatic heterocycles. The molecule has 0 bridgehead atoms. The summed E-state index contributed by atoms with van der Waals surface area (Å²) < 4.78 is 35.1. The maximum absolute atomic E-state index is 11.7. The number of carbonyl (C=O) groups excluding carboxylic acids is 1. The Balaban J connectivity index is 2.20. The van der Waals surface area contributed by atoms with Gasteiger partial charge in [0.15, 0.2) is 5.82 Å². The fourth-order valence-corrected chi connectivity index (χ4v) is 0.779. The van der Waals surface area contributed by atoms with Gasteiger partial charge in [-0.15, -0.1) is 10.2 Å². The Morgan fingerprint density at radius 1 is 1.47 bits per heavy atom. The summed E-state index contributed by atoms with van der Waals surface area (Å²) in [4.78, 5) is 10.9. The summed E-state index contributed by atoms with van der Waals surface area (Å²) in [7, 11) is 0. The molecule has 0 aromatic carbocycles. The lowest BCUT2D eigenvalue weighted by Crippen LogP contribution is -2.25. The Labute approximate surface area is 82.2 Å². The smallest absolute Gasteiger partial charge is 0.349 e. The Morgan fingerprint density at radius 2 is 2.20 bits per heavy atom. The Morgan fingerprint density at radius 3 is 2.73 bits per heavy atom. The fraction of sp³-hybridized carbons (Fsp3) is 0.667. The predicted molar refractivity (Wildman–Crippen MR) is 41.3 cm³/mol. The first kappa shape index (κ1) is 11.4. The summed E-state index contributed by atoms with van der Waals surface area (Å²) in [6, 6.07) is 0. The maximum atomic E-state index is 11.7. The van der Waals surface area contributed by atoms with E-state index in [1.54, 1.807) is 0 Å². The summed E-state index contributed by atoms with van der Waals surface area (Å²) in [6.07, 6.45) is -6.05. The lowest BCUT2D eigenvalue weighted by Gasteiger charge is -2.05. The Kier molecular flexibility index (Phi) is 3.58. The van der Waals surface area contributed by atoms with Gasteiger partial charge >= 0.3 is 6.18 Å². The lowest BCUT2D eigenvalue weighted by atomic mass is 10.3. The van der Waals surface area contributed by atoms with Gasteiger partial charge in [0.05, 0.1) is 13.0 Å². The molecule has 0 aliphatic carbocycles. The summed E-state index contributed by atoms with van der Waals surface area (Å²) >= 11 is 0. The van der Waals surface area contributed by atoms with Crippen molar-refractivity contribution in [2.45, 2.75) is 25.6 Å². The van der Waals surface area contributed by atoms with E-state index in [1.165, 1.54) is 0 Å². The molecule has 1 amide bonds. The van der Waals surface area contributed by atoms with Crippen molar-refractivity contribution in [1.82, 2.24) is 25.9 Å². The summed E-state index contributed by atoms with van der Waals surface area (Å²) in [5.41, 5.74) is 0. The van der Waals surface area contributed by atoms with Crippen molar-refractivity contribution in [1.29, 1.82) is 0 Å². The molecule has 0 saturated carbocycles. The third-order valence-corrected chi connectivity index (χ3v) is 1.47. The molecule has 0 aliphatic rings. The van der Waals surface area contributed by atoms with E-state index in [-0.39, 0.29) is 12.4 Å². The number of H-pyrrole nitrogens is 1. The van der Waals surface area contributed by atoms with Gasteiger partial charge in [-0.25, -0.2) is 0 Å². The van der Waals surface area contributed by atoms with Crippen molar-refractivity contribution >= 4 is 5.91 Å². The number of carbonyl (C=O) groups is 1. The van der Waals surface area contributed by atoms with Crippen molar-refractivity contribution in [3.8, 4) is 0 Å². The van der Waals surface area contributed by atoms with Crippen LogP contribution in [0.2, 0.25) is 0 Å². The van der Waals surface area contributed by atoms with Crippen molar-refractivity contribution in [3.05, 3.63) is 5.82 Å². The van der Waals surface area contributed by atoms with Gasteiger partial charge in [-0.3, -0.25) is 4.79 Å². The average Bonchev–Trinajstić information content (AvgIpc) is 2.62. The van der Waals surface area contributed by atoms with E-state index in [2.05, 4.69) is 25.9 Å². The molecule has 9 heteroatoms. The Bertz CT molecular complexity index is 309. The summed E-state index contributed by atoms with van der Waals surface area (Å²) in [5.74, 6) is -0.479. The minimum atomic E-state index is -4.32. The van der Waals surface area contributed by atoms with Crippen LogP contribution in [0.25, 0.3) is 0 Å². The molecular weight excluding hydrogens is 215 g/mol. The van der Waals surface area contributed by atoms with E-state index >= 15 is 0 Å². The van der Waals surface area contributed by atoms with E-state index in [1.807, 2.05) is 0 Å². The van der Waals surface area contributed by atoms with Gasteiger partial charge in [0.1, 0.15) is 0 Å². The van der Waals surface area contributed by atoms with E-state index < -0.39 is 24.9 Å². The van der Waals surface area contributed by atoms with E-state index in [9.17, 15) is 18.0 Å². The van der Waals surface area contributed by atoms with Gasteiger partial charge in [-0.2, -0.15) is 18.4 Å². The monoisotopic (exact) mass is 223 g/mol. The number of rotatable bonds is 4. The number of amides is 1. The summed E-state index contributed by atoms with van der Waals surface area (Å²) in [5, 5.41) is 14.6. The first-order valence-corrected chi connectivity index (χ1v) is 4.03. The molecule has 0 aliphatic heterocycles. The highest BCUT2D eigenvalue weighted by Gasteiger charge is 2.27. The molecule has 6 nitrogen and oxygen atoms in total. The van der Waals surface area contributed by atoms with Crippen LogP contribution in [0, 0.1) is 0 Å². The van der Waals surface area contributed by atoms with Gasteiger partial charge in [-0.05, 0) is 0 Å². The average molecular weight is 223 g/mol. The normalized spacial score (nSPS) is 11.4. The number of tetrazole rings is 1. The molecule has 0 fully saturated rings. The SMILES string of the molecule is O=C(CCC(F)(F)F)NCc1nn[nH]n1. The number of aromatic amines is 1. The highest BCUT2D eigenvalue weighted by molar-refractivity contribution is 5.75. The van der Waals surface area contributed by atoms with Crippen LogP contribution in [0.3, 0.4) is 0 Å². The van der Waals surface area contributed by atoms with Gasteiger partial charge < -0.3 is 5.32 Å². The summed E-state index contributed by atoms with van der Waals surface area (Å²) in [6.45, 7) is -0.0345. The van der Waals surface area contributed by atoms with Crippen LogP contribution < -0.4 is 5.32 Å². The molecule has 0 saturated heterocycles. The van der Waals surface area contributed by atoms with Gasteiger partial charge in [0.25, 0.3) is 0 Å². The molecular formula is C6H8F3N5O. The molecule has 1 heterocycles. The van der Waals surface area contributed by atoms with Gasteiger partial charge in [-0.1, -0.05) is 5.21 Å². The fourth-order valence-electron chi connectivity index (χ4n) is 0.779. The second-order valence-electron chi connectivity index (χ2n) is 2.72. The molecule has 15 heavy (non-hydrogen) atoms. The van der Waals surface area contributed by atoms with Crippen LogP contribution >= 0.6 is 0 Å². The number of nitrogens with zero attached hydrogens (tertiary/aromatic N) is 3. The number of hydrogen-bond donors (Lipinski definition) is 2. The zero-order valence-corrected chi connectivity index (χ0v) is 7.51. The molecule has 0 atom stereocenters. The zero-order valence-electron chi connectivity index (χ0n) is 7.51. The second-order valence-corrected chi connectivity index (χ2v) is 2.72. The van der Waals surface area contributed by atoms with E-state index in [0.29, 0.717) is 0 Å². The molecule has 1 rings (SSSR count). The first-order chi connectivity index (χ1) is 6.97. The Hall–Kier alpha value is -1.67. The largest absolute Gasteiger partial charge is 0.389 e. The number of nitrogens with one attached hydrogen (secondary N) is 2. The lowest BCUT2D eigenvalue weighted by molar-refractivity contribution is -0.144. The van der Waals surface area contributed by atoms with Crippen LogP contribution in [0.1, 0.15) is 18.7 Å². The quantitative estimate of drug-likeness (QED) is 0.761. The molecule has 0 unspecified atom stereocenters. The van der Waals surface area contributed by atoms with Crippen molar-refractivity contribution in [2.75, 3.05) is 0 Å². The minimum absolute atomic E-state index is 0.0345. The number of alkyl halides is 3.